The molecule has 0 heterocycles. The number of carbonyl (C=O) groups is 2. The minimum Gasteiger partial charge on any atom is -0.480 e. The Kier molecular flexibility index (Phi) is 15.0. The van der Waals surface area contributed by atoms with Crippen LogP contribution in [0.1, 0.15) is 12.8 Å². The first-order valence-corrected chi connectivity index (χ1v) is 4.30. The first-order chi connectivity index (χ1) is 5.45. The molecular weight excluding hydrogens is 214 g/mol. The van der Waals surface area contributed by atoms with Gasteiger partial charge in [-0.3, -0.25) is 9.59 Å². The maximum absolute atomic E-state index is 10.2. The van der Waals surface area contributed by atoms with E-state index in [1.165, 1.54) is 0 Å². The smallest absolute Gasteiger partial charge is 0.316 e. The van der Waals surface area contributed by atoms with Gasteiger partial charge < -0.3 is 10.2 Å². The van der Waals surface area contributed by atoms with Gasteiger partial charge in [-0.15, -0.1) is 0 Å². The van der Waals surface area contributed by atoms with Gasteiger partial charge in [-0.1, -0.05) is 0 Å². The van der Waals surface area contributed by atoms with E-state index in [2.05, 4.69) is 25.3 Å². The minimum atomic E-state index is -1.04. The fourth-order valence-corrected chi connectivity index (χ4v) is 0.861. The van der Waals surface area contributed by atoms with Crippen LogP contribution in [0.2, 0.25) is 0 Å². The zero-order valence-corrected chi connectivity index (χ0v) is 9.96. The standard InChI is InChI=1S/C6H10O4S2.2Li/c7-5(8)3(11)1-2-4(12)6(9)10;;/h3-4,11-12H,1-2H2,(H,7,8)(H,9,10);;. The van der Waals surface area contributed by atoms with Gasteiger partial charge in [0.25, 0.3) is 0 Å². The summed E-state index contributed by atoms with van der Waals surface area (Å²) in [4.78, 5) is 20.5. The third-order valence-electron chi connectivity index (χ3n) is 1.28. The molecule has 72 valence electrons. The Morgan fingerprint density at radius 3 is 1.29 bits per heavy atom. The van der Waals surface area contributed by atoms with Crippen molar-refractivity contribution in [3.8, 4) is 0 Å². The molecule has 0 aromatic heterocycles. The van der Waals surface area contributed by atoms with E-state index in [1.807, 2.05) is 0 Å². The predicted octanol–water partition coefficient (Wildman–Crippen LogP) is -0.229. The second-order valence-corrected chi connectivity index (χ2v) is 3.53. The molecule has 2 N–H and O–H groups in total. The van der Waals surface area contributed by atoms with E-state index in [-0.39, 0.29) is 50.6 Å². The normalized spacial score (nSPS) is 13.0. The molecule has 2 atom stereocenters. The van der Waals surface area contributed by atoms with E-state index in [9.17, 15) is 9.59 Å². The maximum atomic E-state index is 10.2. The third kappa shape index (κ3) is 9.39. The SMILES string of the molecule is O=C(O)C(S)CCC(S)C(=O)O.[Li].[Li]. The number of thiol groups is 2. The van der Waals surface area contributed by atoms with Crippen LogP contribution in [-0.2, 0) is 9.59 Å². The van der Waals surface area contributed by atoms with Gasteiger partial charge in [0.15, 0.2) is 0 Å². The Balaban J connectivity index is -0.000000605. The van der Waals surface area contributed by atoms with Crippen LogP contribution in [0.3, 0.4) is 0 Å². The second-order valence-electron chi connectivity index (χ2n) is 2.29. The summed E-state index contributed by atoms with van der Waals surface area (Å²) in [6.07, 6.45) is 0.415. The van der Waals surface area contributed by atoms with Gasteiger partial charge in [0.1, 0.15) is 0 Å². The molecule has 0 rings (SSSR count). The quantitative estimate of drug-likeness (QED) is 0.384. The summed E-state index contributed by atoms with van der Waals surface area (Å²) in [5.41, 5.74) is 0. The molecule has 0 aliphatic rings. The molecule has 8 heteroatoms. The summed E-state index contributed by atoms with van der Waals surface area (Å²) in [5.74, 6) is -2.08. The first-order valence-electron chi connectivity index (χ1n) is 3.27. The van der Waals surface area contributed by atoms with Crippen molar-refractivity contribution in [2.75, 3.05) is 0 Å². The Morgan fingerprint density at radius 2 is 1.14 bits per heavy atom. The van der Waals surface area contributed by atoms with E-state index in [1.54, 1.807) is 0 Å². The molecular formula is C6H10Li2O4S2. The average molecular weight is 224 g/mol. The summed E-state index contributed by atoms with van der Waals surface area (Å²) in [7, 11) is 0. The Morgan fingerprint density at radius 1 is 0.929 bits per heavy atom. The van der Waals surface area contributed by atoms with E-state index in [0.29, 0.717) is 0 Å². The molecule has 0 bridgehead atoms. The van der Waals surface area contributed by atoms with Crippen LogP contribution in [0.15, 0.2) is 0 Å². The van der Waals surface area contributed by atoms with E-state index < -0.39 is 22.4 Å². The summed E-state index contributed by atoms with van der Waals surface area (Å²) in [5, 5.41) is 15.2. The summed E-state index contributed by atoms with van der Waals surface area (Å²) >= 11 is 7.48. The van der Waals surface area contributed by atoms with Crippen LogP contribution in [0.4, 0.5) is 0 Å². The Labute approximate surface area is 117 Å². The van der Waals surface area contributed by atoms with Gasteiger partial charge >= 0.3 is 11.9 Å². The maximum Gasteiger partial charge on any atom is 0.316 e. The number of aliphatic carboxylic acids is 2. The molecule has 0 amide bonds. The van der Waals surface area contributed by atoms with Crippen LogP contribution >= 0.6 is 25.3 Å². The minimum absolute atomic E-state index is 0. The predicted molar refractivity (Wildman–Crippen MR) is 61.6 cm³/mol. The Hall–Kier alpha value is 0.835. The van der Waals surface area contributed by atoms with Crippen molar-refractivity contribution in [3.63, 3.8) is 0 Å². The zero-order valence-electron chi connectivity index (χ0n) is 8.17. The second kappa shape index (κ2) is 10.4. The van der Waals surface area contributed by atoms with Crippen molar-refractivity contribution in [2.45, 2.75) is 23.3 Å². The van der Waals surface area contributed by atoms with Gasteiger partial charge in [-0.2, -0.15) is 25.3 Å². The molecule has 0 aliphatic carbocycles. The van der Waals surface area contributed by atoms with Crippen molar-refractivity contribution in [1.29, 1.82) is 0 Å². The zero-order chi connectivity index (χ0) is 9.72. The van der Waals surface area contributed by atoms with Crippen molar-refractivity contribution >= 4 is 74.9 Å². The van der Waals surface area contributed by atoms with Crippen molar-refractivity contribution in [2.24, 2.45) is 0 Å². The molecule has 0 saturated carbocycles. The summed E-state index contributed by atoms with van der Waals surface area (Å²) in [6.45, 7) is 0. The summed E-state index contributed by atoms with van der Waals surface area (Å²) < 4.78 is 0. The molecule has 2 radical (unpaired) electrons. The van der Waals surface area contributed by atoms with Crippen LogP contribution in [-0.4, -0.2) is 70.4 Å². The number of carboxylic acid groups (broad SMARTS) is 2. The molecule has 0 saturated heterocycles. The molecule has 14 heavy (non-hydrogen) atoms. The molecule has 2 unspecified atom stereocenters. The third-order valence-corrected chi connectivity index (χ3v) is 2.24. The van der Waals surface area contributed by atoms with Crippen LogP contribution in [0.25, 0.3) is 0 Å². The average Bonchev–Trinajstić information content (AvgIpc) is 1.98. The number of hydrogen-bond acceptors (Lipinski definition) is 4. The first kappa shape index (κ1) is 20.3. The molecule has 0 aliphatic heterocycles. The van der Waals surface area contributed by atoms with Crippen LogP contribution in [0.5, 0.6) is 0 Å². The summed E-state index contributed by atoms with van der Waals surface area (Å²) in [6, 6.07) is 0. The number of hydrogen-bond donors (Lipinski definition) is 4. The monoisotopic (exact) mass is 224 g/mol. The molecule has 0 spiro atoms. The molecule has 4 nitrogen and oxygen atoms in total. The largest absolute Gasteiger partial charge is 0.480 e. The molecule has 0 aromatic rings. The van der Waals surface area contributed by atoms with Gasteiger partial charge in [0, 0.05) is 37.7 Å². The fraction of sp³-hybridized carbons (Fsp3) is 0.667. The van der Waals surface area contributed by atoms with Crippen LogP contribution in [0, 0.1) is 0 Å². The van der Waals surface area contributed by atoms with Crippen molar-refractivity contribution < 1.29 is 19.8 Å². The van der Waals surface area contributed by atoms with Gasteiger partial charge in [-0.25, -0.2) is 0 Å². The molecule has 0 fully saturated rings. The van der Waals surface area contributed by atoms with Gasteiger partial charge in [0.2, 0.25) is 0 Å². The topological polar surface area (TPSA) is 74.6 Å². The number of carboxylic acids is 2. The Bertz CT molecular complexity index is 171. The van der Waals surface area contributed by atoms with E-state index >= 15 is 0 Å². The van der Waals surface area contributed by atoms with Gasteiger partial charge in [0.05, 0.1) is 10.5 Å². The van der Waals surface area contributed by atoms with E-state index in [0.717, 1.165) is 0 Å². The van der Waals surface area contributed by atoms with Crippen LogP contribution < -0.4 is 0 Å². The molecule has 0 aromatic carbocycles. The van der Waals surface area contributed by atoms with E-state index in [4.69, 9.17) is 10.2 Å². The van der Waals surface area contributed by atoms with Crippen molar-refractivity contribution in [1.82, 2.24) is 0 Å². The fourth-order valence-electron chi connectivity index (χ4n) is 0.563. The van der Waals surface area contributed by atoms with Crippen molar-refractivity contribution in [3.05, 3.63) is 0 Å². The van der Waals surface area contributed by atoms with Gasteiger partial charge in [-0.05, 0) is 12.8 Å². The number of rotatable bonds is 5.